The zero-order chi connectivity index (χ0) is 21.5. The van der Waals surface area contributed by atoms with Crippen molar-refractivity contribution in [2.75, 3.05) is 11.9 Å². The van der Waals surface area contributed by atoms with Gasteiger partial charge in [0.25, 0.3) is 0 Å². The van der Waals surface area contributed by atoms with Crippen molar-refractivity contribution in [1.82, 2.24) is 4.98 Å². The van der Waals surface area contributed by atoms with Gasteiger partial charge in [-0.3, -0.25) is 0 Å². The number of nitrogens with one attached hydrogen (secondary N) is 1. The van der Waals surface area contributed by atoms with Crippen LogP contribution in [0.3, 0.4) is 0 Å². The number of aromatic nitrogens is 1. The van der Waals surface area contributed by atoms with Crippen molar-refractivity contribution >= 4 is 11.8 Å². The number of anilines is 1. The molecule has 1 heterocycles. The molecule has 0 saturated heterocycles. The minimum atomic E-state index is -0.311. The standard InChI is InChI=1S/C27H24N2O2/c1-2-31-27(30)23-17-15-22(16-18-23)25(21-12-7-4-8-13-21)29-26-24(14-9-19-28-26)20-10-5-3-6-11-20/h3-19,25H,2H2,1H3,(H,28,29). The largest absolute Gasteiger partial charge is 0.462 e. The molecule has 0 spiro atoms. The molecule has 154 valence electrons. The van der Waals surface area contributed by atoms with Crippen LogP contribution in [0.25, 0.3) is 11.1 Å². The second-order valence-corrected chi connectivity index (χ2v) is 7.10. The number of hydrogen-bond donors (Lipinski definition) is 1. The minimum absolute atomic E-state index is 0.130. The number of carbonyl (C=O) groups is 1. The third-order valence-electron chi connectivity index (χ3n) is 5.06. The highest BCUT2D eigenvalue weighted by Gasteiger charge is 2.18. The van der Waals surface area contributed by atoms with Crippen LogP contribution < -0.4 is 5.32 Å². The first-order chi connectivity index (χ1) is 15.3. The monoisotopic (exact) mass is 408 g/mol. The fourth-order valence-electron chi connectivity index (χ4n) is 3.54. The molecule has 0 aliphatic heterocycles. The van der Waals surface area contributed by atoms with Crippen LogP contribution in [0.15, 0.2) is 103 Å². The van der Waals surface area contributed by atoms with E-state index in [0.29, 0.717) is 12.2 Å². The quantitative estimate of drug-likeness (QED) is 0.374. The Morgan fingerprint density at radius 2 is 1.48 bits per heavy atom. The zero-order valence-electron chi connectivity index (χ0n) is 17.4. The molecule has 0 saturated carbocycles. The number of benzene rings is 3. The molecule has 0 bridgehead atoms. The van der Waals surface area contributed by atoms with Crippen molar-refractivity contribution in [3.8, 4) is 11.1 Å². The molecular formula is C27H24N2O2. The Hall–Kier alpha value is -3.92. The van der Waals surface area contributed by atoms with Crippen LogP contribution in [-0.4, -0.2) is 17.6 Å². The summed E-state index contributed by atoms with van der Waals surface area (Å²) in [6, 6.07) is 31.8. The Balaban J connectivity index is 1.71. The lowest BCUT2D eigenvalue weighted by Crippen LogP contribution is -2.14. The number of ether oxygens (including phenoxy) is 1. The number of nitrogens with zero attached hydrogens (tertiary/aromatic N) is 1. The first kappa shape index (κ1) is 20.4. The smallest absolute Gasteiger partial charge is 0.338 e. The predicted octanol–water partition coefficient (Wildman–Crippen LogP) is 6.13. The molecule has 4 heteroatoms. The van der Waals surface area contributed by atoms with Gasteiger partial charge in [-0.2, -0.15) is 0 Å². The second-order valence-electron chi connectivity index (χ2n) is 7.10. The second kappa shape index (κ2) is 9.72. The number of pyridine rings is 1. The van der Waals surface area contributed by atoms with Gasteiger partial charge in [0, 0.05) is 11.8 Å². The molecule has 1 aromatic heterocycles. The van der Waals surface area contributed by atoms with Gasteiger partial charge in [0.05, 0.1) is 18.2 Å². The summed E-state index contributed by atoms with van der Waals surface area (Å²) >= 11 is 0. The summed E-state index contributed by atoms with van der Waals surface area (Å²) in [6.07, 6.45) is 1.79. The van der Waals surface area contributed by atoms with E-state index in [0.717, 1.165) is 28.1 Å². The van der Waals surface area contributed by atoms with E-state index in [9.17, 15) is 4.79 Å². The Kier molecular flexibility index (Phi) is 6.38. The molecule has 0 amide bonds. The zero-order valence-corrected chi connectivity index (χ0v) is 17.4. The highest BCUT2D eigenvalue weighted by molar-refractivity contribution is 5.89. The predicted molar refractivity (Wildman–Crippen MR) is 124 cm³/mol. The van der Waals surface area contributed by atoms with E-state index in [-0.39, 0.29) is 12.0 Å². The maximum Gasteiger partial charge on any atom is 0.338 e. The van der Waals surface area contributed by atoms with Crippen LogP contribution in [0, 0.1) is 0 Å². The van der Waals surface area contributed by atoms with Crippen molar-refractivity contribution in [3.05, 3.63) is 120 Å². The van der Waals surface area contributed by atoms with E-state index in [1.54, 1.807) is 13.1 Å². The number of esters is 1. The van der Waals surface area contributed by atoms with Gasteiger partial charge < -0.3 is 10.1 Å². The first-order valence-electron chi connectivity index (χ1n) is 10.3. The molecule has 4 rings (SSSR count). The van der Waals surface area contributed by atoms with Crippen molar-refractivity contribution in [3.63, 3.8) is 0 Å². The normalized spacial score (nSPS) is 11.5. The summed E-state index contributed by atoms with van der Waals surface area (Å²) in [5.74, 6) is 0.492. The van der Waals surface area contributed by atoms with E-state index >= 15 is 0 Å². The van der Waals surface area contributed by atoms with E-state index in [1.807, 2.05) is 66.7 Å². The third-order valence-corrected chi connectivity index (χ3v) is 5.06. The van der Waals surface area contributed by atoms with Crippen molar-refractivity contribution in [2.45, 2.75) is 13.0 Å². The highest BCUT2D eigenvalue weighted by Crippen LogP contribution is 2.32. The van der Waals surface area contributed by atoms with Crippen LogP contribution >= 0.6 is 0 Å². The molecule has 31 heavy (non-hydrogen) atoms. The van der Waals surface area contributed by atoms with Gasteiger partial charge in [0.15, 0.2) is 0 Å². The summed E-state index contributed by atoms with van der Waals surface area (Å²) in [5, 5.41) is 3.63. The van der Waals surface area contributed by atoms with Crippen molar-refractivity contribution in [2.24, 2.45) is 0 Å². The van der Waals surface area contributed by atoms with Gasteiger partial charge in [-0.1, -0.05) is 72.8 Å². The fourth-order valence-corrected chi connectivity index (χ4v) is 3.54. The Bertz CT molecular complexity index is 1130. The van der Waals surface area contributed by atoms with Gasteiger partial charge >= 0.3 is 5.97 Å². The van der Waals surface area contributed by atoms with Gasteiger partial charge in [0.1, 0.15) is 5.82 Å². The summed E-state index contributed by atoms with van der Waals surface area (Å²) in [5.41, 5.74) is 4.81. The lowest BCUT2D eigenvalue weighted by atomic mass is 9.97. The summed E-state index contributed by atoms with van der Waals surface area (Å²) < 4.78 is 5.11. The van der Waals surface area contributed by atoms with Crippen LogP contribution in [-0.2, 0) is 4.74 Å². The lowest BCUT2D eigenvalue weighted by Gasteiger charge is -2.22. The molecule has 1 unspecified atom stereocenters. The van der Waals surface area contributed by atoms with Gasteiger partial charge in [-0.15, -0.1) is 0 Å². The van der Waals surface area contributed by atoms with Gasteiger partial charge in [0.2, 0.25) is 0 Å². The maximum atomic E-state index is 12.0. The number of carbonyl (C=O) groups excluding carboxylic acids is 1. The van der Waals surface area contributed by atoms with Crippen molar-refractivity contribution < 1.29 is 9.53 Å². The number of rotatable bonds is 7. The maximum absolute atomic E-state index is 12.0. The SMILES string of the molecule is CCOC(=O)c1ccc(C(Nc2ncccc2-c2ccccc2)c2ccccc2)cc1. The molecule has 1 N–H and O–H groups in total. The minimum Gasteiger partial charge on any atom is -0.462 e. The molecule has 1 atom stereocenters. The average Bonchev–Trinajstić information content (AvgIpc) is 2.84. The van der Waals surface area contributed by atoms with E-state index in [4.69, 9.17) is 4.74 Å². The van der Waals surface area contributed by atoms with Crippen molar-refractivity contribution in [1.29, 1.82) is 0 Å². The molecular weight excluding hydrogens is 384 g/mol. The lowest BCUT2D eigenvalue weighted by molar-refractivity contribution is 0.0526. The Morgan fingerprint density at radius 1 is 0.839 bits per heavy atom. The molecule has 0 radical (unpaired) electrons. The molecule has 0 aliphatic carbocycles. The fraction of sp³-hybridized carbons (Fsp3) is 0.111. The van der Waals surface area contributed by atoms with Gasteiger partial charge in [-0.05, 0) is 47.9 Å². The molecule has 0 fully saturated rings. The molecule has 4 nitrogen and oxygen atoms in total. The van der Waals surface area contributed by atoms with Crippen LogP contribution in [0.1, 0.15) is 34.5 Å². The summed E-state index contributed by atoms with van der Waals surface area (Å²) in [6.45, 7) is 2.16. The van der Waals surface area contributed by atoms with E-state index in [1.165, 1.54) is 0 Å². The molecule has 3 aromatic carbocycles. The summed E-state index contributed by atoms with van der Waals surface area (Å²) in [7, 11) is 0. The highest BCUT2D eigenvalue weighted by atomic mass is 16.5. The third kappa shape index (κ3) is 4.81. The first-order valence-corrected chi connectivity index (χ1v) is 10.3. The van der Waals surface area contributed by atoms with Crippen LogP contribution in [0.4, 0.5) is 5.82 Å². The van der Waals surface area contributed by atoms with E-state index < -0.39 is 0 Å². The average molecular weight is 409 g/mol. The molecule has 0 aliphatic rings. The van der Waals surface area contributed by atoms with Crippen LogP contribution in [0.2, 0.25) is 0 Å². The van der Waals surface area contributed by atoms with E-state index in [2.05, 4.69) is 40.6 Å². The summed E-state index contributed by atoms with van der Waals surface area (Å²) in [4.78, 5) is 16.7. The Morgan fingerprint density at radius 3 is 2.16 bits per heavy atom. The number of hydrogen-bond acceptors (Lipinski definition) is 4. The van der Waals surface area contributed by atoms with Gasteiger partial charge in [-0.25, -0.2) is 9.78 Å². The molecule has 4 aromatic rings. The topological polar surface area (TPSA) is 51.2 Å². The van der Waals surface area contributed by atoms with Crippen LogP contribution in [0.5, 0.6) is 0 Å². The Labute approximate surface area is 182 Å².